The van der Waals surface area contributed by atoms with Gasteiger partial charge in [0.25, 0.3) is 11.8 Å². The van der Waals surface area contributed by atoms with Gasteiger partial charge in [0.15, 0.2) is 0 Å². The van der Waals surface area contributed by atoms with Crippen molar-refractivity contribution in [2.45, 2.75) is 20.8 Å². The molecule has 0 aliphatic rings. The summed E-state index contributed by atoms with van der Waals surface area (Å²) in [4.78, 5) is 33.6. The van der Waals surface area contributed by atoms with Crippen molar-refractivity contribution in [2.24, 2.45) is 12.5 Å². The zero-order valence-corrected chi connectivity index (χ0v) is 23.0. The van der Waals surface area contributed by atoms with Crippen molar-refractivity contribution in [3.63, 3.8) is 0 Å². The topological polar surface area (TPSA) is 124 Å². The third-order valence-electron chi connectivity index (χ3n) is 6.50. The van der Waals surface area contributed by atoms with Crippen molar-refractivity contribution in [2.75, 3.05) is 31.3 Å². The van der Waals surface area contributed by atoms with Gasteiger partial charge in [0.05, 0.1) is 17.7 Å². The summed E-state index contributed by atoms with van der Waals surface area (Å²) in [5.74, 6) is -0.0222. The first-order chi connectivity index (χ1) is 18.5. The zero-order chi connectivity index (χ0) is 28.3. The van der Waals surface area contributed by atoms with E-state index in [1.807, 2.05) is 61.9 Å². The Morgan fingerprint density at radius 1 is 1.05 bits per heavy atom. The number of rotatable bonds is 9. The van der Waals surface area contributed by atoms with Gasteiger partial charge in [-0.3, -0.25) is 9.59 Å². The van der Waals surface area contributed by atoms with Crippen LogP contribution in [0.1, 0.15) is 31.1 Å². The summed E-state index contributed by atoms with van der Waals surface area (Å²) >= 11 is 0. The Balaban J connectivity index is 1.72. The van der Waals surface area contributed by atoms with Crippen LogP contribution in [-0.2, 0) is 16.6 Å². The first kappa shape index (κ1) is 27.5. The molecule has 0 spiro atoms. The zero-order valence-electron chi connectivity index (χ0n) is 23.0. The van der Waals surface area contributed by atoms with E-state index in [2.05, 4.69) is 27.2 Å². The summed E-state index contributed by atoms with van der Waals surface area (Å²) in [6, 6.07) is 14.9. The molecule has 0 atom stereocenters. The molecule has 0 saturated heterocycles. The van der Waals surface area contributed by atoms with Crippen LogP contribution in [0.4, 0.5) is 11.5 Å². The lowest BCUT2D eigenvalue weighted by atomic mass is 9.94. The van der Waals surface area contributed by atoms with Gasteiger partial charge in [-0.2, -0.15) is 0 Å². The Bertz CT molecular complexity index is 1540. The number of anilines is 2. The maximum Gasteiger partial charge on any atom is 0.251 e. The van der Waals surface area contributed by atoms with E-state index < -0.39 is 0 Å². The third kappa shape index (κ3) is 5.83. The van der Waals surface area contributed by atoms with Crippen molar-refractivity contribution in [1.29, 1.82) is 0 Å². The molecule has 0 fully saturated rings. The molecule has 0 radical (unpaired) electrons. The second-order valence-corrected chi connectivity index (χ2v) is 10.4. The number of nitrogens with two attached hydrogens (primary N) is 1. The Hall–Kier alpha value is -4.50. The predicted molar refractivity (Wildman–Crippen MR) is 155 cm³/mol. The molecule has 0 saturated carbocycles. The number of aryl methyl sites for hydroxylation is 1. The van der Waals surface area contributed by atoms with Crippen molar-refractivity contribution in [1.82, 2.24) is 19.9 Å². The number of nitrogen functional groups attached to an aromatic ring is 1. The van der Waals surface area contributed by atoms with E-state index in [0.717, 1.165) is 27.8 Å². The number of amides is 2. The number of nitrogens with one attached hydrogen (secondary N) is 2. The lowest BCUT2D eigenvalue weighted by Gasteiger charge is -2.23. The van der Waals surface area contributed by atoms with E-state index in [1.165, 1.54) is 6.33 Å². The Morgan fingerprint density at radius 2 is 1.69 bits per heavy atom. The normalized spacial score (nSPS) is 11.4. The molecule has 4 rings (SSSR count). The molecule has 9 heteroatoms. The number of carbonyl (C=O) groups excluding carboxylic acids is 2. The minimum absolute atomic E-state index is 0.154. The van der Waals surface area contributed by atoms with Crippen LogP contribution in [0.2, 0.25) is 0 Å². The van der Waals surface area contributed by atoms with Gasteiger partial charge in [0.1, 0.15) is 17.8 Å². The van der Waals surface area contributed by atoms with Gasteiger partial charge >= 0.3 is 0 Å². The van der Waals surface area contributed by atoms with E-state index in [4.69, 9.17) is 10.5 Å². The molecule has 2 amide bonds. The largest absolute Gasteiger partial charge is 0.384 e. The Morgan fingerprint density at radius 3 is 2.31 bits per heavy atom. The fourth-order valence-corrected chi connectivity index (χ4v) is 4.50. The first-order valence-electron chi connectivity index (χ1n) is 12.6. The number of fused-ring (bicyclic) bond motifs is 1. The van der Waals surface area contributed by atoms with Crippen LogP contribution < -0.4 is 16.4 Å². The van der Waals surface area contributed by atoms with Gasteiger partial charge < -0.3 is 25.7 Å². The molecule has 9 nitrogen and oxygen atoms in total. The molecular weight excluding hydrogens is 492 g/mol. The minimum atomic E-state index is -0.234. The lowest BCUT2D eigenvalue weighted by molar-refractivity contribution is -0.112. The van der Waals surface area contributed by atoms with Gasteiger partial charge in [-0.05, 0) is 42.3 Å². The van der Waals surface area contributed by atoms with E-state index in [0.29, 0.717) is 41.4 Å². The van der Waals surface area contributed by atoms with Gasteiger partial charge in [0.2, 0.25) is 0 Å². The van der Waals surface area contributed by atoms with Crippen molar-refractivity contribution >= 4 is 34.4 Å². The van der Waals surface area contributed by atoms with Crippen LogP contribution in [-0.4, -0.2) is 46.6 Å². The van der Waals surface area contributed by atoms with Gasteiger partial charge in [0, 0.05) is 48.5 Å². The highest BCUT2D eigenvalue weighted by atomic mass is 16.5. The maximum atomic E-state index is 12.8. The average molecular weight is 527 g/mol. The Kier molecular flexibility index (Phi) is 7.83. The molecule has 2 aromatic carbocycles. The van der Waals surface area contributed by atoms with Gasteiger partial charge in [-0.1, -0.05) is 44.7 Å². The number of ether oxygens (including phenoxy) is 1. The molecule has 0 aliphatic heterocycles. The Labute approximate surface area is 228 Å². The molecule has 0 unspecified atom stereocenters. The van der Waals surface area contributed by atoms with Crippen LogP contribution in [0, 0.1) is 5.41 Å². The number of hydrogen-bond donors (Lipinski definition) is 3. The maximum absolute atomic E-state index is 12.8. The molecule has 0 aliphatic carbocycles. The average Bonchev–Trinajstić information content (AvgIpc) is 3.21. The molecule has 2 aromatic heterocycles. The summed E-state index contributed by atoms with van der Waals surface area (Å²) in [5.41, 5.74) is 12.0. The second kappa shape index (κ2) is 11.1. The summed E-state index contributed by atoms with van der Waals surface area (Å²) in [6.07, 6.45) is 1.44. The molecule has 0 bridgehead atoms. The molecular formula is C30H34N6O3. The summed E-state index contributed by atoms with van der Waals surface area (Å²) in [7, 11) is 3.57. The van der Waals surface area contributed by atoms with Crippen molar-refractivity contribution in [3.8, 4) is 22.4 Å². The molecule has 4 N–H and O–H groups in total. The standard InChI is InChI=1S/C30H34N6O3/c1-18(2)28(37)35-22-13-11-20(12-14-22)25-23(24-26(31)33-17-34-27(24)36(25)5)19-7-9-21(10-8-19)29(38)32-15-30(3,4)16-39-6/h7-14,17H,1,15-16H2,2-6H3,(H,32,38)(H,35,37)(H2,31,33,34). The highest BCUT2D eigenvalue weighted by Crippen LogP contribution is 2.41. The highest BCUT2D eigenvalue weighted by molar-refractivity contribution is 6.08. The van der Waals surface area contributed by atoms with E-state index in [9.17, 15) is 9.59 Å². The van der Waals surface area contributed by atoms with E-state index in [-0.39, 0.29) is 17.2 Å². The molecule has 4 aromatic rings. The summed E-state index contributed by atoms with van der Waals surface area (Å²) in [6.45, 7) is 10.4. The van der Waals surface area contributed by atoms with Crippen LogP contribution in [0.25, 0.3) is 33.4 Å². The van der Waals surface area contributed by atoms with Crippen LogP contribution >= 0.6 is 0 Å². The number of carbonyl (C=O) groups is 2. The number of aromatic nitrogens is 3. The van der Waals surface area contributed by atoms with Crippen LogP contribution in [0.3, 0.4) is 0 Å². The fourth-order valence-electron chi connectivity index (χ4n) is 4.50. The van der Waals surface area contributed by atoms with Crippen molar-refractivity contribution in [3.05, 3.63) is 72.6 Å². The fraction of sp³-hybridized carbons (Fsp3) is 0.267. The molecule has 2 heterocycles. The number of benzene rings is 2. The summed E-state index contributed by atoms with van der Waals surface area (Å²) < 4.78 is 7.22. The SMILES string of the molecule is C=C(C)C(=O)Nc1ccc(-c2c(-c3ccc(C(=O)NCC(C)(C)COC)cc3)c3c(N)ncnc3n2C)cc1. The number of methoxy groups -OCH3 is 1. The number of nitrogens with zero attached hydrogens (tertiary/aromatic N) is 3. The monoisotopic (exact) mass is 526 g/mol. The predicted octanol–water partition coefficient (Wildman–Crippen LogP) is 4.80. The van der Waals surface area contributed by atoms with Crippen LogP contribution in [0.15, 0.2) is 67.0 Å². The van der Waals surface area contributed by atoms with E-state index >= 15 is 0 Å². The quantitative estimate of drug-likeness (QED) is 0.269. The number of hydrogen-bond acceptors (Lipinski definition) is 6. The third-order valence-corrected chi connectivity index (χ3v) is 6.50. The van der Waals surface area contributed by atoms with Gasteiger partial charge in [-0.15, -0.1) is 0 Å². The lowest BCUT2D eigenvalue weighted by Crippen LogP contribution is -2.36. The minimum Gasteiger partial charge on any atom is -0.384 e. The molecule has 202 valence electrons. The smallest absolute Gasteiger partial charge is 0.251 e. The second-order valence-electron chi connectivity index (χ2n) is 10.4. The van der Waals surface area contributed by atoms with E-state index in [1.54, 1.807) is 26.2 Å². The van der Waals surface area contributed by atoms with Gasteiger partial charge in [-0.25, -0.2) is 9.97 Å². The van der Waals surface area contributed by atoms with Crippen LogP contribution in [0.5, 0.6) is 0 Å². The van der Waals surface area contributed by atoms with Crippen molar-refractivity contribution < 1.29 is 14.3 Å². The molecule has 39 heavy (non-hydrogen) atoms. The highest BCUT2D eigenvalue weighted by Gasteiger charge is 2.23. The first-order valence-corrected chi connectivity index (χ1v) is 12.6. The summed E-state index contributed by atoms with van der Waals surface area (Å²) in [5, 5.41) is 6.55.